The van der Waals surface area contributed by atoms with Gasteiger partial charge in [0.25, 0.3) is 5.91 Å². The van der Waals surface area contributed by atoms with Gasteiger partial charge >= 0.3 is 5.97 Å². The fourth-order valence-corrected chi connectivity index (χ4v) is 2.07. The summed E-state index contributed by atoms with van der Waals surface area (Å²) in [6.45, 7) is 3.93. The van der Waals surface area contributed by atoms with E-state index in [0.29, 0.717) is 11.3 Å². The van der Waals surface area contributed by atoms with E-state index in [-0.39, 0.29) is 23.1 Å². The fourth-order valence-electron chi connectivity index (χ4n) is 1.88. The predicted octanol–water partition coefficient (Wildman–Crippen LogP) is 4.08. The van der Waals surface area contributed by atoms with Crippen molar-refractivity contribution >= 4 is 29.2 Å². The lowest BCUT2D eigenvalue weighted by Gasteiger charge is -2.09. The lowest BCUT2D eigenvalue weighted by Crippen LogP contribution is -2.13. The molecule has 0 saturated heterocycles. The van der Waals surface area contributed by atoms with E-state index in [2.05, 4.69) is 5.32 Å². The summed E-state index contributed by atoms with van der Waals surface area (Å²) in [7, 11) is 0. The Balaban J connectivity index is 2.19. The first kappa shape index (κ1) is 16.0. The maximum Gasteiger partial charge on any atom is 0.339 e. The Morgan fingerprint density at radius 3 is 2.45 bits per heavy atom. The van der Waals surface area contributed by atoms with Crippen LogP contribution in [0.15, 0.2) is 42.5 Å². The maximum atomic E-state index is 12.2. The largest absolute Gasteiger partial charge is 0.462 e. The topological polar surface area (TPSA) is 55.4 Å². The number of hydrogen-bond donors (Lipinski definition) is 1. The van der Waals surface area contributed by atoms with E-state index in [0.717, 1.165) is 5.56 Å². The molecule has 0 bridgehead atoms. The average molecular weight is 318 g/mol. The highest BCUT2D eigenvalue weighted by atomic mass is 35.5. The number of rotatable bonds is 4. The van der Waals surface area contributed by atoms with Crippen molar-refractivity contribution in [3.63, 3.8) is 0 Å². The molecule has 0 radical (unpaired) electrons. The van der Waals surface area contributed by atoms with Gasteiger partial charge in [0, 0.05) is 11.3 Å². The summed E-state index contributed by atoms with van der Waals surface area (Å²) in [4.78, 5) is 23.9. The summed E-state index contributed by atoms with van der Waals surface area (Å²) in [6, 6.07) is 11.9. The molecule has 1 N–H and O–H groups in total. The van der Waals surface area contributed by atoms with E-state index >= 15 is 0 Å². The Hall–Kier alpha value is -2.33. The Morgan fingerprint density at radius 2 is 1.82 bits per heavy atom. The third kappa shape index (κ3) is 3.86. The summed E-state index contributed by atoms with van der Waals surface area (Å²) >= 11 is 5.98. The molecule has 0 spiro atoms. The van der Waals surface area contributed by atoms with Gasteiger partial charge in [0.1, 0.15) is 0 Å². The van der Waals surface area contributed by atoms with Crippen LogP contribution in [0.3, 0.4) is 0 Å². The number of ether oxygens (including phenoxy) is 1. The molecule has 4 nitrogen and oxygen atoms in total. The number of benzene rings is 2. The van der Waals surface area contributed by atoms with Crippen LogP contribution in [-0.4, -0.2) is 18.5 Å². The summed E-state index contributed by atoms with van der Waals surface area (Å²) < 4.78 is 4.93. The molecule has 0 unspecified atom stereocenters. The summed E-state index contributed by atoms with van der Waals surface area (Å²) in [5, 5.41) is 3.02. The van der Waals surface area contributed by atoms with Crippen molar-refractivity contribution in [3.8, 4) is 0 Å². The van der Waals surface area contributed by atoms with Crippen molar-refractivity contribution in [2.75, 3.05) is 11.9 Å². The van der Waals surface area contributed by atoms with E-state index < -0.39 is 5.97 Å². The van der Waals surface area contributed by atoms with Crippen LogP contribution in [0.5, 0.6) is 0 Å². The van der Waals surface area contributed by atoms with Crippen molar-refractivity contribution in [1.82, 2.24) is 0 Å². The second-order valence-corrected chi connectivity index (χ2v) is 5.14. The van der Waals surface area contributed by atoms with Crippen molar-refractivity contribution in [3.05, 3.63) is 64.2 Å². The molecule has 0 heterocycles. The second kappa shape index (κ2) is 7.09. The third-order valence-corrected chi connectivity index (χ3v) is 3.36. The maximum absolute atomic E-state index is 12.2. The van der Waals surface area contributed by atoms with Crippen LogP contribution in [0.4, 0.5) is 5.69 Å². The van der Waals surface area contributed by atoms with Gasteiger partial charge in [-0.2, -0.15) is 0 Å². The summed E-state index contributed by atoms with van der Waals surface area (Å²) in [6.07, 6.45) is 0. The van der Waals surface area contributed by atoms with Crippen LogP contribution in [-0.2, 0) is 4.74 Å². The van der Waals surface area contributed by atoms with E-state index in [9.17, 15) is 9.59 Å². The number of nitrogens with one attached hydrogen (secondary N) is 1. The van der Waals surface area contributed by atoms with Gasteiger partial charge in [0.15, 0.2) is 0 Å². The molecule has 0 aromatic heterocycles. The molecule has 114 valence electrons. The minimum absolute atomic E-state index is 0.227. The highest BCUT2D eigenvalue weighted by Gasteiger charge is 2.13. The van der Waals surface area contributed by atoms with Gasteiger partial charge in [-0.25, -0.2) is 4.79 Å². The molecule has 0 saturated carbocycles. The first-order valence-electron chi connectivity index (χ1n) is 6.86. The number of carbonyl (C=O) groups is 2. The van der Waals surface area contributed by atoms with Crippen LogP contribution in [0.1, 0.15) is 33.2 Å². The van der Waals surface area contributed by atoms with Crippen LogP contribution >= 0.6 is 11.6 Å². The number of anilines is 1. The Labute approximate surface area is 134 Å². The normalized spacial score (nSPS) is 10.1. The molecule has 5 heteroatoms. The molecule has 0 fully saturated rings. The lowest BCUT2D eigenvalue weighted by atomic mass is 10.1. The van der Waals surface area contributed by atoms with Gasteiger partial charge in [-0.3, -0.25) is 4.79 Å². The average Bonchev–Trinajstić information content (AvgIpc) is 2.50. The Kier molecular flexibility index (Phi) is 5.17. The number of amides is 1. The number of carbonyl (C=O) groups excluding carboxylic acids is 2. The van der Waals surface area contributed by atoms with Gasteiger partial charge in [-0.15, -0.1) is 0 Å². The number of aryl methyl sites for hydroxylation is 1. The van der Waals surface area contributed by atoms with Crippen LogP contribution in [0.2, 0.25) is 5.02 Å². The van der Waals surface area contributed by atoms with Crippen molar-refractivity contribution in [2.24, 2.45) is 0 Å². The minimum Gasteiger partial charge on any atom is -0.462 e. The number of hydrogen-bond acceptors (Lipinski definition) is 3. The molecule has 22 heavy (non-hydrogen) atoms. The fraction of sp³-hybridized carbons (Fsp3) is 0.176. The van der Waals surface area contributed by atoms with E-state index in [1.807, 2.05) is 19.1 Å². The molecule has 2 aromatic rings. The molecular weight excluding hydrogens is 302 g/mol. The zero-order valence-corrected chi connectivity index (χ0v) is 13.1. The molecule has 2 rings (SSSR count). The molecule has 0 aliphatic carbocycles. The van der Waals surface area contributed by atoms with E-state index in [4.69, 9.17) is 16.3 Å². The van der Waals surface area contributed by atoms with Gasteiger partial charge in [0.2, 0.25) is 0 Å². The SMILES string of the molecule is CCOC(=O)c1cc(NC(=O)c2ccc(C)cc2)ccc1Cl. The lowest BCUT2D eigenvalue weighted by molar-refractivity contribution is 0.0526. The number of halogens is 1. The first-order valence-corrected chi connectivity index (χ1v) is 7.23. The zero-order valence-electron chi connectivity index (χ0n) is 12.4. The molecular formula is C17H16ClNO3. The van der Waals surface area contributed by atoms with Crippen LogP contribution in [0, 0.1) is 6.92 Å². The first-order chi connectivity index (χ1) is 10.5. The van der Waals surface area contributed by atoms with Gasteiger partial charge in [0.05, 0.1) is 17.2 Å². The van der Waals surface area contributed by atoms with Crippen LogP contribution in [0.25, 0.3) is 0 Å². The van der Waals surface area contributed by atoms with E-state index in [1.165, 1.54) is 6.07 Å². The smallest absolute Gasteiger partial charge is 0.339 e. The Morgan fingerprint density at radius 1 is 1.14 bits per heavy atom. The molecule has 1 amide bonds. The predicted molar refractivity (Wildman–Crippen MR) is 86.5 cm³/mol. The monoisotopic (exact) mass is 317 g/mol. The molecule has 0 aliphatic heterocycles. The molecule has 2 aromatic carbocycles. The number of esters is 1. The minimum atomic E-state index is -0.515. The van der Waals surface area contributed by atoms with Gasteiger partial charge in [-0.1, -0.05) is 29.3 Å². The van der Waals surface area contributed by atoms with E-state index in [1.54, 1.807) is 31.2 Å². The highest BCUT2D eigenvalue weighted by molar-refractivity contribution is 6.33. The summed E-state index contributed by atoms with van der Waals surface area (Å²) in [5.74, 6) is -0.768. The van der Waals surface area contributed by atoms with Gasteiger partial charge < -0.3 is 10.1 Å². The van der Waals surface area contributed by atoms with Crippen LogP contribution < -0.4 is 5.32 Å². The summed E-state index contributed by atoms with van der Waals surface area (Å²) in [5.41, 5.74) is 2.33. The second-order valence-electron chi connectivity index (χ2n) is 4.74. The highest BCUT2D eigenvalue weighted by Crippen LogP contribution is 2.22. The quantitative estimate of drug-likeness (QED) is 0.864. The third-order valence-electron chi connectivity index (χ3n) is 3.03. The van der Waals surface area contributed by atoms with Gasteiger partial charge in [-0.05, 0) is 44.2 Å². The van der Waals surface area contributed by atoms with Crippen molar-refractivity contribution < 1.29 is 14.3 Å². The Bertz CT molecular complexity index is 696. The molecule has 0 atom stereocenters. The van der Waals surface area contributed by atoms with Crippen molar-refractivity contribution in [2.45, 2.75) is 13.8 Å². The zero-order chi connectivity index (χ0) is 16.1. The molecule has 0 aliphatic rings. The standard InChI is InChI=1S/C17H16ClNO3/c1-3-22-17(21)14-10-13(8-9-15(14)18)19-16(20)12-6-4-11(2)5-7-12/h4-10H,3H2,1-2H3,(H,19,20). The van der Waals surface area contributed by atoms with Crippen molar-refractivity contribution in [1.29, 1.82) is 0 Å².